The number of nitrogens with two attached hydrogens (primary N) is 1. The first kappa shape index (κ1) is 14.3. The van der Waals surface area contributed by atoms with E-state index in [-0.39, 0.29) is 5.54 Å². The summed E-state index contributed by atoms with van der Waals surface area (Å²) in [6.45, 7) is 13.3. The van der Waals surface area contributed by atoms with Gasteiger partial charge in [0.15, 0.2) is 5.96 Å². The maximum absolute atomic E-state index is 6.07. The van der Waals surface area contributed by atoms with E-state index in [1.807, 2.05) is 0 Å². The van der Waals surface area contributed by atoms with Gasteiger partial charge in [-0.25, -0.2) is 0 Å². The molecule has 0 aliphatic carbocycles. The Morgan fingerprint density at radius 2 is 2.00 bits per heavy atom. The molecule has 0 aromatic carbocycles. The van der Waals surface area contributed by atoms with E-state index >= 15 is 0 Å². The van der Waals surface area contributed by atoms with Crippen LogP contribution in [0, 0.1) is 11.8 Å². The van der Waals surface area contributed by atoms with Crippen LogP contribution in [0.15, 0.2) is 4.99 Å². The minimum absolute atomic E-state index is 0.184. The van der Waals surface area contributed by atoms with Gasteiger partial charge in [0, 0.05) is 6.54 Å². The highest BCUT2D eigenvalue weighted by molar-refractivity contribution is 5.81. The molecule has 17 heavy (non-hydrogen) atoms. The van der Waals surface area contributed by atoms with Crippen LogP contribution in [0.5, 0.6) is 0 Å². The SMILES string of the molecule is CCC(C)CC1(CC)CN=C(N)N1CC(C)C. The van der Waals surface area contributed by atoms with Gasteiger partial charge in [0.25, 0.3) is 0 Å². The van der Waals surface area contributed by atoms with Crippen molar-refractivity contribution in [2.24, 2.45) is 22.6 Å². The largest absolute Gasteiger partial charge is 0.370 e. The molecule has 0 radical (unpaired) electrons. The Morgan fingerprint density at radius 3 is 2.47 bits per heavy atom. The lowest BCUT2D eigenvalue weighted by atomic mass is 9.83. The molecule has 3 nitrogen and oxygen atoms in total. The molecular formula is C14H29N3. The van der Waals surface area contributed by atoms with Crippen molar-refractivity contribution >= 4 is 5.96 Å². The van der Waals surface area contributed by atoms with Crippen LogP contribution in [0.2, 0.25) is 0 Å². The molecule has 0 bridgehead atoms. The van der Waals surface area contributed by atoms with Gasteiger partial charge in [0.1, 0.15) is 0 Å². The minimum Gasteiger partial charge on any atom is -0.370 e. The predicted molar refractivity (Wildman–Crippen MR) is 75.1 cm³/mol. The Hall–Kier alpha value is -0.730. The molecule has 1 aliphatic rings. The monoisotopic (exact) mass is 239 g/mol. The van der Waals surface area contributed by atoms with E-state index in [4.69, 9.17) is 5.73 Å². The minimum atomic E-state index is 0.184. The highest BCUT2D eigenvalue weighted by Gasteiger charge is 2.41. The van der Waals surface area contributed by atoms with Gasteiger partial charge in [0.05, 0.1) is 12.1 Å². The molecule has 2 atom stereocenters. The van der Waals surface area contributed by atoms with Crippen LogP contribution in [-0.2, 0) is 0 Å². The van der Waals surface area contributed by atoms with E-state index in [9.17, 15) is 0 Å². The fourth-order valence-electron chi connectivity index (χ4n) is 2.71. The lowest BCUT2D eigenvalue weighted by molar-refractivity contribution is 0.141. The third-order valence-corrected chi connectivity index (χ3v) is 4.02. The van der Waals surface area contributed by atoms with Gasteiger partial charge < -0.3 is 10.6 Å². The number of hydrogen-bond acceptors (Lipinski definition) is 3. The molecule has 1 heterocycles. The van der Waals surface area contributed by atoms with E-state index in [1.165, 1.54) is 12.8 Å². The lowest BCUT2D eigenvalue weighted by Gasteiger charge is -2.41. The van der Waals surface area contributed by atoms with Crippen molar-refractivity contribution in [1.82, 2.24) is 4.90 Å². The molecule has 2 unspecified atom stereocenters. The van der Waals surface area contributed by atoms with Crippen molar-refractivity contribution in [2.45, 2.75) is 59.4 Å². The number of hydrogen-bond donors (Lipinski definition) is 1. The van der Waals surface area contributed by atoms with E-state index < -0.39 is 0 Å². The van der Waals surface area contributed by atoms with Gasteiger partial charge in [-0.1, -0.05) is 41.0 Å². The molecule has 0 aromatic heterocycles. The second-order valence-electron chi connectivity index (χ2n) is 5.97. The zero-order chi connectivity index (χ0) is 13.1. The summed E-state index contributed by atoms with van der Waals surface area (Å²) in [5.41, 5.74) is 6.26. The summed E-state index contributed by atoms with van der Waals surface area (Å²) in [6, 6.07) is 0. The summed E-state index contributed by atoms with van der Waals surface area (Å²) >= 11 is 0. The van der Waals surface area contributed by atoms with Crippen molar-refractivity contribution in [1.29, 1.82) is 0 Å². The Labute approximate surface area is 106 Å². The Bertz CT molecular complexity index is 273. The number of rotatable bonds is 6. The fourth-order valence-corrected chi connectivity index (χ4v) is 2.71. The zero-order valence-corrected chi connectivity index (χ0v) is 12.2. The quantitative estimate of drug-likeness (QED) is 0.774. The first-order valence-electron chi connectivity index (χ1n) is 7.02. The van der Waals surface area contributed by atoms with Crippen molar-refractivity contribution in [3.63, 3.8) is 0 Å². The third kappa shape index (κ3) is 3.14. The molecule has 1 rings (SSSR count). The number of nitrogens with zero attached hydrogens (tertiary/aromatic N) is 2. The molecule has 0 spiro atoms. The van der Waals surface area contributed by atoms with Crippen molar-refractivity contribution in [2.75, 3.05) is 13.1 Å². The summed E-state index contributed by atoms with van der Waals surface area (Å²) in [4.78, 5) is 6.87. The highest BCUT2D eigenvalue weighted by atomic mass is 15.4. The second kappa shape index (κ2) is 5.74. The van der Waals surface area contributed by atoms with E-state index in [0.29, 0.717) is 5.92 Å². The Morgan fingerprint density at radius 1 is 1.35 bits per heavy atom. The molecular weight excluding hydrogens is 210 g/mol. The predicted octanol–water partition coefficient (Wildman–Crippen LogP) is 2.86. The first-order valence-corrected chi connectivity index (χ1v) is 7.02. The normalized spacial score (nSPS) is 26.5. The van der Waals surface area contributed by atoms with Gasteiger partial charge in [0.2, 0.25) is 0 Å². The van der Waals surface area contributed by atoms with Gasteiger partial charge >= 0.3 is 0 Å². The lowest BCUT2D eigenvalue weighted by Crippen LogP contribution is -2.53. The standard InChI is InChI=1S/C14H29N3/c1-6-12(5)8-14(7-2)10-16-13(15)17(14)9-11(3)4/h11-12H,6-10H2,1-5H3,(H2,15,16). The summed E-state index contributed by atoms with van der Waals surface area (Å²) in [5, 5.41) is 0. The summed E-state index contributed by atoms with van der Waals surface area (Å²) < 4.78 is 0. The summed E-state index contributed by atoms with van der Waals surface area (Å²) in [5.74, 6) is 2.12. The van der Waals surface area contributed by atoms with E-state index in [0.717, 1.165) is 31.4 Å². The summed E-state index contributed by atoms with van der Waals surface area (Å²) in [6.07, 6.45) is 3.57. The van der Waals surface area contributed by atoms with Gasteiger partial charge in [-0.2, -0.15) is 0 Å². The first-order chi connectivity index (χ1) is 7.95. The van der Waals surface area contributed by atoms with Crippen LogP contribution in [0.1, 0.15) is 53.9 Å². The molecule has 3 heteroatoms. The van der Waals surface area contributed by atoms with E-state index in [2.05, 4.69) is 44.5 Å². The maximum Gasteiger partial charge on any atom is 0.191 e. The van der Waals surface area contributed by atoms with Gasteiger partial charge in [-0.3, -0.25) is 4.99 Å². The molecule has 0 amide bonds. The number of aliphatic imine (C=N–C) groups is 1. The molecule has 2 N–H and O–H groups in total. The van der Waals surface area contributed by atoms with Gasteiger partial charge in [-0.05, 0) is 24.7 Å². The third-order valence-electron chi connectivity index (χ3n) is 4.02. The molecule has 0 fully saturated rings. The Kier molecular flexibility index (Phi) is 4.84. The van der Waals surface area contributed by atoms with E-state index in [1.54, 1.807) is 0 Å². The summed E-state index contributed by atoms with van der Waals surface area (Å²) in [7, 11) is 0. The average molecular weight is 239 g/mol. The van der Waals surface area contributed by atoms with Crippen LogP contribution in [0.4, 0.5) is 0 Å². The molecule has 0 aromatic rings. The fraction of sp³-hybridized carbons (Fsp3) is 0.929. The smallest absolute Gasteiger partial charge is 0.191 e. The Balaban J connectivity index is 2.82. The van der Waals surface area contributed by atoms with Crippen molar-refractivity contribution in [3.05, 3.63) is 0 Å². The van der Waals surface area contributed by atoms with Crippen molar-refractivity contribution < 1.29 is 0 Å². The molecule has 0 saturated heterocycles. The van der Waals surface area contributed by atoms with Gasteiger partial charge in [-0.15, -0.1) is 0 Å². The zero-order valence-electron chi connectivity index (χ0n) is 12.2. The van der Waals surface area contributed by atoms with Crippen molar-refractivity contribution in [3.8, 4) is 0 Å². The average Bonchev–Trinajstić information content (AvgIpc) is 2.58. The molecule has 1 aliphatic heterocycles. The highest BCUT2D eigenvalue weighted by Crippen LogP contribution is 2.33. The topological polar surface area (TPSA) is 41.6 Å². The van der Waals surface area contributed by atoms with Crippen LogP contribution >= 0.6 is 0 Å². The molecule has 0 saturated carbocycles. The number of guanidine groups is 1. The van der Waals surface area contributed by atoms with Crippen LogP contribution in [0.3, 0.4) is 0 Å². The maximum atomic E-state index is 6.07. The van der Waals surface area contributed by atoms with Crippen LogP contribution in [-0.4, -0.2) is 29.5 Å². The van der Waals surface area contributed by atoms with Crippen LogP contribution < -0.4 is 5.73 Å². The second-order valence-corrected chi connectivity index (χ2v) is 5.97. The molecule has 100 valence electrons. The van der Waals surface area contributed by atoms with Crippen LogP contribution in [0.25, 0.3) is 0 Å².